The third kappa shape index (κ3) is 4.82. The van der Waals surface area contributed by atoms with Gasteiger partial charge in [0, 0.05) is 11.2 Å². The summed E-state index contributed by atoms with van der Waals surface area (Å²) < 4.78 is 27.1. The van der Waals surface area contributed by atoms with Crippen LogP contribution in [0.15, 0.2) is 22.7 Å². The summed E-state index contributed by atoms with van der Waals surface area (Å²) in [4.78, 5) is 17.1. The molecule has 6 nitrogen and oxygen atoms in total. The summed E-state index contributed by atoms with van der Waals surface area (Å²) >= 11 is 7.15. The first kappa shape index (κ1) is 22.2. The smallest absolute Gasteiger partial charge is 0.291 e. The number of benzene rings is 1. The monoisotopic (exact) mass is 456 g/mol. The van der Waals surface area contributed by atoms with E-state index in [1.165, 1.54) is 6.20 Å². The fraction of sp³-hybridized carbons (Fsp3) is 0.500. The highest BCUT2D eigenvalue weighted by Crippen LogP contribution is 2.47. The van der Waals surface area contributed by atoms with E-state index in [0.717, 1.165) is 28.0 Å². The van der Waals surface area contributed by atoms with Crippen LogP contribution in [-0.4, -0.2) is 24.4 Å². The maximum atomic E-state index is 12.7. The third-order valence-electron chi connectivity index (χ3n) is 5.01. The number of thiazole rings is 1. The lowest BCUT2D eigenvalue weighted by Gasteiger charge is -2.20. The van der Waals surface area contributed by atoms with Crippen molar-refractivity contribution in [2.45, 2.75) is 68.7 Å². The first-order chi connectivity index (χ1) is 13.4. The molecule has 1 amide bonds. The summed E-state index contributed by atoms with van der Waals surface area (Å²) in [7, 11) is -4.09. The molecule has 1 heterocycles. The number of rotatable bonds is 7. The van der Waals surface area contributed by atoms with Crippen LogP contribution in [0, 0.1) is 0 Å². The van der Waals surface area contributed by atoms with E-state index < -0.39 is 21.5 Å². The molecule has 1 aromatic carbocycles. The van der Waals surface area contributed by atoms with Gasteiger partial charge in [-0.05, 0) is 53.5 Å². The Morgan fingerprint density at radius 3 is 2.28 bits per heavy atom. The second-order valence-corrected chi connectivity index (χ2v) is 11.4. The van der Waals surface area contributed by atoms with Crippen LogP contribution in [-0.2, 0) is 26.8 Å². The number of aliphatic hydroxyl groups is 1. The van der Waals surface area contributed by atoms with Crippen molar-refractivity contribution >= 4 is 38.9 Å². The van der Waals surface area contributed by atoms with E-state index in [2.05, 4.69) is 9.71 Å². The van der Waals surface area contributed by atoms with Gasteiger partial charge in [-0.15, -0.1) is 11.3 Å². The number of carbonyl (C=O) groups is 1. The van der Waals surface area contributed by atoms with E-state index in [0.29, 0.717) is 22.7 Å². The van der Waals surface area contributed by atoms with Gasteiger partial charge in [-0.1, -0.05) is 39.3 Å². The Hall–Kier alpha value is -1.48. The van der Waals surface area contributed by atoms with E-state index in [1.54, 1.807) is 0 Å². The van der Waals surface area contributed by atoms with Crippen LogP contribution < -0.4 is 4.72 Å². The molecule has 0 atom stereocenters. The van der Waals surface area contributed by atoms with Crippen molar-refractivity contribution in [2.75, 3.05) is 0 Å². The first-order valence-electron chi connectivity index (χ1n) is 9.49. The minimum Gasteiger partial charge on any atom is -0.384 e. The van der Waals surface area contributed by atoms with Crippen LogP contribution in [0.4, 0.5) is 0 Å². The van der Waals surface area contributed by atoms with Crippen LogP contribution in [0.25, 0.3) is 0 Å². The van der Waals surface area contributed by atoms with Crippen LogP contribution in [0.5, 0.6) is 0 Å². The molecule has 2 N–H and O–H groups in total. The predicted octanol–water partition coefficient (Wildman–Crippen LogP) is 4.07. The molecule has 0 aliphatic heterocycles. The second kappa shape index (κ2) is 7.98. The standard InChI is InChI=1S/C20H25ClN2O4S2/c1-11(2)14-7-13(21)8-15(12(3)4)16(14)9-18(24)23-29(26,27)19-22-10-17(28-19)20(25)5-6-20/h7-8,10-12,25H,5-6,9H2,1-4H3,(H,23,24). The SMILES string of the molecule is CC(C)c1cc(Cl)cc(C(C)C)c1CC(=O)NS(=O)(=O)c1ncc(C2(O)CC2)s1. The van der Waals surface area contributed by atoms with E-state index in [4.69, 9.17) is 11.6 Å². The first-order valence-corrected chi connectivity index (χ1v) is 12.2. The van der Waals surface area contributed by atoms with Crippen molar-refractivity contribution in [3.8, 4) is 0 Å². The summed E-state index contributed by atoms with van der Waals surface area (Å²) in [5.41, 5.74) is 1.71. The molecule has 1 aromatic heterocycles. The van der Waals surface area contributed by atoms with Gasteiger partial charge in [-0.25, -0.2) is 9.71 Å². The molecule has 1 fully saturated rings. The van der Waals surface area contributed by atoms with Gasteiger partial charge >= 0.3 is 0 Å². The molecule has 2 aromatic rings. The molecule has 0 bridgehead atoms. The molecule has 1 aliphatic rings. The zero-order valence-electron chi connectivity index (χ0n) is 16.8. The van der Waals surface area contributed by atoms with E-state index in [-0.39, 0.29) is 22.6 Å². The number of nitrogens with one attached hydrogen (secondary N) is 1. The van der Waals surface area contributed by atoms with Gasteiger partial charge in [0.15, 0.2) is 0 Å². The average Bonchev–Trinajstić information content (AvgIpc) is 3.15. The highest BCUT2D eigenvalue weighted by molar-refractivity contribution is 7.92. The highest BCUT2D eigenvalue weighted by Gasteiger charge is 2.44. The summed E-state index contributed by atoms with van der Waals surface area (Å²) in [5, 5.41) is 10.7. The Bertz CT molecular complexity index is 1010. The molecule has 9 heteroatoms. The summed E-state index contributed by atoms with van der Waals surface area (Å²) in [5.74, 6) is -0.365. The second-order valence-electron chi connectivity index (χ2n) is 8.10. The molecule has 1 aliphatic carbocycles. The molecule has 0 unspecified atom stereocenters. The lowest BCUT2D eigenvalue weighted by atomic mass is 9.87. The molecule has 3 rings (SSSR count). The molecular weight excluding hydrogens is 432 g/mol. The van der Waals surface area contributed by atoms with Gasteiger partial charge in [-0.3, -0.25) is 4.79 Å². The van der Waals surface area contributed by atoms with Gasteiger partial charge in [0.05, 0.1) is 11.3 Å². The number of hydrogen-bond donors (Lipinski definition) is 2. The van der Waals surface area contributed by atoms with Crippen molar-refractivity contribution in [3.05, 3.63) is 44.9 Å². The largest absolute Gasteiger partial charge is 0.384 e. The Morgan fingerprint density at radius 1 is 1.24 bits per heavy atom. The van der Waals surface area contributed by atoms with Gasteiger partial charge in [0.1, 0.15) is 5.60 Å². The van der Waals surface area contributed by atoms with Gasteiger partial charge in [-0.2, -0.15) is 8.42 Å². The molecule has 1 saturated carbocycles. The molecule has 158 valence electrons. The Morgan fingerprint density at radius 2 is 1.79 bits per heavy atom. The minimum atomic E-state index is -4.09. The minimum absolute atomic E-state index is 0.0698. The van der Waals surface area contributed by atoms with Gasteiger partial charge in [0.2, 0.25) is 10.2 Å². The van der Waals surface area contributed by atoms with Gasteiger partial charge in [0.25, 0.3) is 10.0 Å². The maximum absolute atomic E-state index is 12.7. The molecule has 29 heavy (non-hydrogen) atoms. The maximum Gasteiger partial charge on any atom is 0.291 e. The predicted molar refractivity (Wildman–Crippen MR) is 114 cm³/mol. The van der Waals surface area contributed by atoms with Crippen LogP contribution in [0.2, 0.25) is 5.02 Å². The lowest BCUT2D eigenvalue weighted by molar-refractivity contribution is -0.118. The number of aromatic nitrogens is 1. The fourth-order valence-electron chi connectivity index (χ4n) is 3.27. The quantitative estimate of drug-likeness (QED) is 0.654. The van der Waals surface area contributed by atoms with E-state index >= 15 is 0 Å². The van der Waals surface area contributed by atoms with Crippen molar-refractivity contribution in [1.82, 2.24) is 9.71 Å². The number of hydrogen-bond acceptors (Lipinski definition) is 6. The van der Waals surface area contributed by atoms with Crippen molar-refractivity contribution in [3.63, 3.8) is 0 Å². The van der Waals surface area contributed by atoms with Crippen LogP contribution in [0.3, 0.4) is 0 Å². The number of carbonyl (C=O) groups excluding carboxylic acids is 1. The average molecular weight is 457 g/mol. The molecular formula is C20H25ClN2O4S2. The summed E-state index contributed by atoms with van der Waals surface area (Å²) in [6.07, 6.45) is 2.48. The number of sulfonamides is 1. The number of amides is 1. The number of nitrogens with zero attached hydrogens (tertiary/aromatic N) is 1. The lowest BCUT2D eigenvalue weighted by Crippen LogP contribution is -2.32. The highest BCUT2D eigenvalue weighted by atomic mass is 35.5. The van der Waals surface area contributed by atoms with Crippen molar-refractivity contribution in [1.29, 1.82) is 0 Å². The topological polar surface area (TPSA) is 96.4 Å². The van der Waals surface area contributed by atoms with Gasteiger partial charge < -0.3 is 5.11 Å². The van der Waals surface area contributed by atoms with E-state index in [9.17, 15) is 18.3 Å². The van der Waals surface area contributed by atoms with E-state index in [1.807, 2.05) is 39.8 Å². The Kier molecular flexibility index (Phi) is 6.11. The Labute approximate surface area is 180 Å². The normalized spacial score (nSPS) is 15.7. The molecule has 0 saturated heterocycles. The molecule has 0 spiro atoms. The zero-order chi connectivity index (χ0) is 21.6. The van der Waals surface area contributed by atoms with Crippen molar-refractivity contribution in [2.24, 2.45) is 0 Å². The third-order valence-corrected chi connectivity index (χ3v) is 8.18. The fourth-order valence-corrected chi connectivity index (χ4v) is 5.78. The summed E-state index contributed by atoms with van der Waals surface area (Å²) in [6, 6.07) is 3.66. The van der Waals surface area contributed by atoms with Crippen molar-refractivity contribution < 1.29 is 18.3 Å². The Balaban J connectivity index is 1.84. The number of halogens is 1. The van der Waals surface area contributed by atoms with Crippen LogP contribution in [0.1, 0.15) is 73.9 Å². The zero-order valence-corrected chi connectivity index (χ0v) is 19.2. The molecule has 0 radical (unpaired) electrons. The van der Waals surface area contributed by atoms with Crippen LogP contribution >= 0.6 is 22.9 Å². The summed E-state index contributed by atoms with van der Waals surface area (Å²) in [6.45, 7) is 8.03.